The number of nitrogens with two attached hydrogens (primary N) is 1. The van der Waals surface area contributed by atoms with Crippen molar-refractivity contribution in [2.24, 2.45) is 5.73 Å². The van der Waals surface area contributed by atoms with Crippen LogP contribution in [-0.4, -0.2) is 35.2 Å². The van der Waals surface area contributed by atoms with Crippen LogP contribution in [0.2, 0.25) is 0 Å². The Hall–Kier alpha value is -2.41. The fourth-order valence-electron chi connectivity index (χ4n) is 2.87. The van der Waals surface area contributed by atoms with Gasteiger partial charge < -0.3 is 10.5 Å². The van der Waals surface area contributed by atoms with Crippen molar-refractivity contribution in [3.63, 3.8) is 0 Å². The van der Waals surface area contributed by atoms with Gasteiger partial charge in [0.2, 0.25) is 11.9 Å². The van der Waals surface area contributed by atoms with Crippen LogP contribution in [0.25, 0.3) is 16.7 Å². The summed E-state index contributed by atoms with van der Waals surface area (Å²) < 4.78 is 7.15. The predicted octanol–water partition coefficient (Wildman–Crippen LogP) is 3.37. The Morgan fingerprint density at radius 2 is 1.85 bits per heavy atom. The lowest BCUT2D eigenvalue weighted by Gasteiger charge is -2.14. The molecule has 2 aromatic carbocycles. The van der Waals surface area contributed by atoms with E-state index in [4.69, 9.17) is 10.5 Å². The van der Waals surface area contributed by atoms with Gasteiger partial charge in [0.15, 0.2) is 0 Å². The molecule has 0 bridgehead atoms. The van der Waals surface area contributed by atoms with Gasteiger partial charge in [-0.1, -0.05) is 23.8 Å². The largest absolute Gasteiger partial charge is 0.380 e. The fourth-order valence-corrected chi connectivity index (χ4v) is 2.87. The lowest BCUT2D eigenvalue weighted by atomic mass is 10.2. The first-order valence-electron chi connectivity index (χ1n) is 8.60. The van der Waals surface area contributed by atoms with Gasteiger partial charge in [0.05, 0.1) is 23.6 Å². The van der Waals surface area contributed by atoms with Crippen LogP contribution in [0.4, 0.5) is 5.95 Å². The molecule has 1 amide bonds. The van der Waals surface area contributed by atoms with Gasteiger partial charge in [-0.3, -0.25) is 14.7 Å². The summed E-state index contributed by atoms with van der Waals surface area (Å²) in [5.41, 5.74) is 10.6. The quantitative estimate of drug-likeness (QED) is 0.678. The minimum absolute atomic E-state index is 0. The van der Waals surface area contributed by atoms with Gasteiger partial charge in [0, 0.05) is 19.3 Å². The molecule has 27 heavy (non-hydrogen) atoms. The number of carbonyl (C=O) groups is 1. The molecule has 0 radical (unpaired) electrons. The Labute approximate surface area is 165 Å². The molecule has 1 unspecified atom stereocenters. The molecule has 1 atom stereocenters. The maximum atomic E-state index is 12.4. The van der Waals surface area contributed by atoms with Gasteiger partial charge in [0.1, 0.15) is 0 Å². The van der Waals surface area contributed by atoms with Crippen molar-refractivity contribution in [1.82, 2.24) is 9.55 Å². The Morgan fingerprint density at radius 1 is 1.19 bits per heavy atom. The van der Waals surface area contributed by atoms with Gasteiger partial charge in [-0.15, -0.1) is 12.4 Å². The number of amides is 1. The molecule has 3 aromatic rings. The molecule has 7 heteroatoms. The van der Waals surface area contributed by atoms with Crippen molar-refractivity contribution in [1.29, 1.82) is 0 Å². The summed E-state index contributed by atoms with van der Waals surface area (Å²) in [4.78, 5) is 17.1. The standard InChI is InChI=1S/C20H24N4O2.ClH/c1-13-4-7-15(8-5-13)24-18-9-6-14(2)10-17(18)22-20(24)23-19(25)11-16(12-21)26-3;/h4-10,16H,11-12,21H2,1-3H3,(H,22,23,25);1H. The van der Waals surface area contributed by atoms with E-state index in [2.05, 4.69) is 10.3 Å². The number of benzene rings is 2. The van der Waals surface area contributed by atoms with Gasteiger partial charge in [-0.25, -0.2) is 4.98 Å². The molecule has 0 saturated heterocycles. The Bertz CT molecular complexity index is 918. The summed E-state index contributed by atoms with van der Waals surface area (Å²) in [6, 6.07) is 14.2. The molecule has 0 aliphatic heterocycles. The number of methoxy groups -OCH3 is 1. The van der Waals surface area contributed by atoms with Crippen LogP contribution in [-0.2, 0) is 9.53 Å². The van der Waals surface area contributed by atoms with Gasteiger partial charge >= 0.3 is 0 Å². The van der Waals surface area contributed by atoms with Crippen molar-refractivity contribution >= 4 is 35.3 Å². The first-order chi connectivity index (χ1) is 12.5. The van der Waals surface area contributed by atoms with E-state index >= 15 is 0 Å². The zero-order valence-electron chi connectivity index (χ0n) is 15.7. The molecule has 1 heterocycles. The van der Waals surface area contributed by atoms with E-state index in [9.17, 15) is 4.79 Å². The smallest absolute Gasteiger partial charge is 0.229 e. The van der Waals surface area contributed by atoms with Gasteiger partial charge in [-0.05, 0) is 43.7 Å². The van der Waals surface area contributed by atoms with Crippen molar-refractivity contribution < 1.29 is 9.53 Å². The minimum atomic E-state index is -0.311. The van der Waals surface area contributed by atoms with Crippen LogP contribution in [0, 0.1) is 13.8 Å². The number of imidazole rings is 1. The monoisotopic (exact) mass is 388 g/mol. The summed E-state index contributed by atoms with van der Waals surface area (Å²) in [7, 11) is 1.55. The molecule has 3 rings (SSSR count). The molecular weight excluding hydrogens is 364 g/mol. The predicted molar refractivity (Wildman–Crippen MR) is 111 cm³/mol. The number of hydrogen-bond donors (Lipinski definition) is 2. The van der Waals surface area contributed by atoms with Crippen LogP contribution in [0.15, 0.2) is 42.5 Å². The third kappa shape index (κ3) is 4.66. The van der Waals surface area contributed by atoms with Crippen molar-refractivity contribution in [2.75, 3.05) is 19.0 Å². The average molecular weight is 389 g/mol. The van der Waals surface area contributed by atoms with Crippen LogP contribution in [0.1, 0.15) is 17.5 Å². The third-order valence-corrected chi connectivity index (χ3v) is 4.36. The average Bonchev–Trinajstić information content (AvgIpc) is 2.97. The van der Waals surface area contributed by atoms with E-state index in [0.717, 1.165) is 22.3 Å². The number of rotatable bonds is 6. The number of fused-ring (bicyclic) bond motifs is 1. The van der Waals surface area contributed by atoms with Crippen molar-refractivity contribution in [3.8, 4) is 5.69 Å². The Morgan fingerprint density at radius 3 is 2.48 bits per heavy atom. The number of hydrogen-bond acceptors (Lipinski definition) is 4. The summed E-state index contributed by atoms with van der Waals surface area (Å²) in [5, 5.41) is 2.91. The Kier molecular flexibility index (Phi) is 6.96. The summed E-state index contributed by atoms with van der Waals surface area (Å²) in [5.74, 6) is 0.314. The van der Waals surface area contributed by atoms with E-state index in [1.807, 2.05) is 60.9 Å². The molecule has 0 saturated carbocycles. The lowest BCUT2D eigenvalue weighted by Crippen LogP contribution is -2.28. The first-order valence-corrected chi connectivity index (χ1v) is 8.60. The second-order valence-corrected chi connectivity index (χ2v) is 6.44. The fraction of sp³-hybridized carbons (Fsp3) is 0.300. The zero-order valence-corrected chi connectivity index (χ0v) is 16.5. The minimum Gasteiger partial charge on any atom is -0.380 e. The first kappa shape index (κ1) is 20.9. The summed E-state index contributed by atoms with van der Waals surface area (Å²) in [6.07, 6.45) is -0.127. The molecule has 6 nitrogen and oxygen atoms in total. The van der Waals surface area contributed by atoms with E-state index in [1.54, 1.807) is 7.11 Å². The highest BCUT2D eigenvalue weighted by molar-refractivity contribution is 5.92. The number of halogens is 1. The second kappa shape index (κ2) is 8.99. The van der Waals surface area contributed by atoms with Crippen LogP contribution >= 0.6 is 12.4 Å². The summed E-state index contributed by atoms with van der Waals surface area (Å²) >= 11 is 0. The molecule has 0 aliphatic rings. The number of carbonyl (C=O) groups excluding carboxylic acids is 1. The number of aryl methyl sites for hydroxylation is 2. The molecule has 0 fully saturated rings. The van der Waals surface area contributed by atoms with Crippen molar-refractivity contribution in [2.45, 2.75) is 26.4 Å². The number of nitrogens with zero attached hydrogens (tertiary/aromatic N) is 2. The van der Waals surface area contributed by atoms with E-state index < -0.39 is 0 Å². The van der Waals surface area contributed by atoms with Crippen LogP contribution in [0.3, 0.4) is 0 Å². The van der Waals surface area contributed by atoms with Crippen LogP contribution in [0.5, 0.6) is 0 Å². The molecule has 0 spiro atoms. The topological polar surface area (TPSA) is 82.2 Å². The highest BCUT2D eigenvalue weighted by atomic mass is 35.5. The highest BCUT2D eigenvalue weighted by Gasteiger charge is 2.17. The van der Waals surface area contributed by atoms with Crippen molar-refractivity contribution in [3.05, 3.63) is 53.6 Å². The zero-order chi connectivity index (χ0) is 18.7. The number of anilines is 1. The molecule has 144 valence electrons. The third-order valence-electron chi connectivity index (χ3n) is 4.36. The SMILES string of the molecule is COC(CN)CC(=O)Nc1nc2cc(C)ccc2n1-c1ccc(C)cc1.Cl. The van der Waals surface area contributed by atoms with E-state index in [-0.39, 0.29) is 37.4 Å². The van der Waals surface area contributed by atoms with Gasteiger partial charge in [-0.2, -0.15) is 0 Å². The molecular formula is C20H25ClN4O2. The Balaban J connectivity index is 0.00000261. The second-order valence-electron chi connectivity index (χ2n) is 6.44. The molecule has 0 aliphatic carbocycles. The number of nitrogens with one attached hydrogen (secondary N) is 1. The maximum absolute atomic E-state index is 12.4. The van der Waals surface area contributed by atoms with Crippen LogP contribution < -0.4 is 11.1 Å². The number of aromatic nitrogens is 2. The van der Waals surface area contributed by atoms with E-state index in [0.29, 0.717) is 5.95 Å². The summed E-state index contributed by atoms with van der Waals surface area (Å²) in [6.45, 7) is 4.35. The number of ether oxygens (including phenoxy) is 1. The maximum Gasteiger partial charge on any atom is 0.229 e. The highest BCUT2D eigenvalue weighted by Crippen LogP contribution is 2.26. The van der Waals surface area contributed by atoms with Gasteiger partial charge in [0.25, 0.3) is 0 Å². The molecule has 3 N–H and O–H groups in total. The lowest BCUT2D eigenvalue weighted by molar-refractivity contribution is -0.118. The molecule has 1 aromatic heterocycles. The normalized spacial score (nSPS) is 11.9. The van der Waals surface area contributed by atoms with E-state index in [1.165, 1.54) is 5.56 Å².